The molecule has 0 N–H and O–H groups in total. The maximum Gasteiger partial charge on any atom is 0.416 e. The van der Waals surface area contributed by atoms with E-state index in [1.807, 2.05) is 0 Å². The van der Waals surface area contributed by atoms with Gasteiger partial charge in [0.2, 0.25) is 0 Å². The van der Waals surface area contributed by atoms with Crippen molar-refractivity contribution >= 4 is 55.0 Å². The van der Waals surface area contributed by atoms with Crippen molar-refractivity contribution in [1.82, 2.24) is 9.13 Å². The topological polar surface area (TPSA) is 18.6 Å². The van der Waals surface area contributed by atoms with Gasteiger partial charge in [0.15, 0.2) is 11.4 Å². The zero-order chi connectivity index (χ0) is 42.6. The molecule has 296 valence electrons. The Morgan fingerprint density at radius 1 is 0.441 bits per heavy atom. The monoisotopic (exact) mass is 820 g/mol. The van der Waals surface area contributed by atoms with Crippen molar-refractivity contribution in [2.24, 2.45) is 0 Å². The van der Waals surface area contributed by atoms with Crippen LogP contribution in [-0.2, 0) is 24.7 Å². The Morgan fingerprint density at radius 2 is 0.847 bits per heavy atom. The molecule has 0 saturated heterocycles. The Hall–Kier alpha value is -6.94. The van der Waals surface area contributed by atoms with Crippen LogP contribution in [0.5, 0.6) is 0 Å². The summed E-state index contributed by atoms with van der Waals surface area (Å²) in [6, 6.07) is 17.2. The first-order valence-corrected chi connectivity index (χ1v) is 17.1. The molecule has 0 spiro atoms. The minimum Gasteiger partial charge on any atom is -0.308 e. The highest BCUT2D eigenvalue weighted by molar-refractivity contribution is 6.12. The molecule has 0 bridgehead atoms. The molecular formula is C43H20F12N4. The van der Waals surface area contributed by atoms with E-state index in [9.17, 15) is 52.7 Å². The van der Waals surface area contributed by atoms with Crippen LogP contribution in [-0.4, -0.2) is 9.13 Å². The number of rotatable bonds is 3. The van der Waals surface area contributed by atoms with Crippen LogP contribution in [0.15, 0.2) is 103 Å². The molecule has 0 radical (unpaired) electrons. The summed E-state index contributed by atoms with van der Waals surface area (Å²) in [6.07, 6.45) is -19.8. The third-order valence-electron chi connectivity index (χ3n) is 10.1. The second-order valence-electron chi connectivity index (χ2n) is 13.7. The van der Waals surface area contributed by atoms with Crippen LogP contribution < -0.4 is 0 Å². The molecule has 8 aromatic rings. The number of hydrogen-bond donors (Lipinski definition) is 0. The lowest BCUT2D eigenvalue weighted by atomic mass is 9.94. The van der Waals surface area contributed by atoms with Gasteiger partial charge in [-0.05, 0) is 96.9 Å². The molecule has 0 aliphatic carbocycles. The molecule has 0 amide bonds. The molecule has 0 saturated carbocycles. The molecule has 0 fully saturated rings. The fraction of sp³-hybridized carbons (Fsp3) is 0.116. The molecule has 0 aliphatic rings. The average Bonchev–Trinajstić information content (AvgIpc) is 3.66. The van der Waals surface area contributed by atoms with Crippen molar-refractivity contribution in [3.63, 3.8) is 0 Å². The fourth-order valence-corrected chi connectivity index (χ4v) is 7.58. The Morgan fingerprint density at radius 3 is 1.25 bits per heavy atom. The van der Waals surface area contributed by atoms with E-state index in [0.29, 0.717) is 35.9 Å². The first kappa shape index (κ1) is 38.9. The highest BCUT2D eigenvalue weighted by Gasteiger charge is 2.37. The molecule has 59 heavy (non-hydrogen) atoms. The maximum absolute atomic E-state index is 14.7. The Labute approximate surface area is 324 Å². The van der Waals surface area contributed by atoms with Gasteiger partial charge >= 0.3 is 24.7 Å². The van der Waals surface area contributed by atoms with Crippen molar-refractivity contribution in [2.75, 3.05) is 0 Å². The molecule has 2 aromatic heterocycles. The van der Waals surface area contributed by atoms with E-state index >= 15 is 0 Å². The van der Waals surface area contributed by atoms with Gasteiger partial charge in [0.25, 0.3) is 0 Å². The first-order chi connectivity index (χ1) is 27.6. The summed E-state index contributed by atoms with van der Waals surface area (Å²) in [7, 11) is 0. The van der Waals surface area contributed by atoms with Gasteiger partial charge in [0.1, 0.15) is 0 Å². The largest absolute Gasteiger partial charge is 0.416 e. The van der Waals surface area contributed by atoms with E-state index in [0.717, 1.165) is 54.6 Å². The molecule has 8 rings (SSSR count). The van der Waals surface area contributed by atoms with Crippen molar-refractivity contribution < 1.29 is 52.7 Å². The zero-order valence-corrected chi connectivity index (χ0v) is 29.6. The van der Waals surface area contributed by atoms with E-state index in [-0.39, 0.29) is 55.0 Å². The van der Waals surface area contributed by atoms with Crippen molar-refractivity contribution in [3.05, 3.63) is 154 Å². The van der Waals surface area contributed by atoms with Crippen LogP contribution >= 0.6 is 0 Å². The van der Waals surface area contributed by atoms with Crippen LogP contribution in [0, 0.1) is 20.1 Å². The number of aryl methyl sites for hydroxylation is 1. The van der Waals surface area contributed by atoms with Crippen LogP contribution in [0.2, 0.25) is 0 Å². The molecule has 16 heteroatoms. The highest BCUT2D eigenvalue weighted by atomic mass is 19.4. The van der Waals surface area contributed by atoms with Crippen LogP contribution in [0.1, 0.15) is 27.8 Å². The number of fused-ring (bicyclic) bond motifs is 6. The van der Waals surface area contributed by atoms with Gasteiger partial charge in [0.05, 0.1) is 68.8 Å². The molecule has 6 aromatic carbocycles. The van der Waals surface area contributed by atoms with E-state index < -0.39 is 69.5 Å². The van der Waals surface area contributed by atoms with E-state index in [1.54, 1.807) is 25.1 Å². The number of benzene rings is 6. The average molecular weight is 821 g/mol. The minimum atomic E-state index is -5.08. The minimum absolute atomic E-state index is 0.0717. The summed E-state index contributed by atoms with van der Waals surface area (Å²) >= 11 is 0. The summed E-state index contributed by atoms with van der Waals surface area (Å²) in [5, 5.41) is -0.293. The van der Waals surface area contributed by atoms with Gasteiger partial charge in [-0.25, -0.2) is 9.69 Å². The Bertz CT molecular complexity index is 3070. The number of hydrogen-bond acceptors (Lipinski definition) is 0. The van der Waals surface area contributed by atoms with Crippen molar-refractivity contribution in [3.8, 4) is 22.5 Å². The second-order valence-corrected chi connectivity index (χ2v) is 13.7. The zero-order valence-electron chi connectivity index (χ0n) is 29.6. The smallest absolute Gasteiger partial charge is 0.308 e. The summed E-state index contributed by atoms with van der Waals surface area (Å²) in [6.45, 7) is 17.6. The predicted octanol–water partition coefficient (Wildman–Crippen LogP) is 15.0. The van der Waals surface area contributed by atoms with Gasteiger partial charge in [-0.15, -0.1) is 0 Å². The molecule has 0 unspecified atom stereocenters. The third-order valence-corrected chi connectivity index (χ3v) is 10.1. The van der Waals surface area contributed by atoms with E-state index in [2.05, 4.69) is 9.69 Å². The van der Waals surface area contributed by atoms with Crippen LogP contribution in [0.4, 0.5) is 64.1 Å². The summed E-state index contributed by atoms with van der Waals surface area (Å²) in [5.74, 6) is 0. The lowest BCUT2D eigenvalue weighted by Crippen LogP contribution is -2.09. The second kappa shape index (κ2) is 13.0. The van der Waals surface area contributed by atoms with Gasteiger partial charge in [-0.3, -0.25) is 0 Å². The van der Waals surface area contributed by atoms with Gasteiger partial charge < -0.3 is 9.13 Å². The maximum atomic E-state index is 14.7. The Balaban J connectivity index is 1.61. The van der Waals surface area contributed by atoms with Gasteiger partial charge in [-0.2, -0.15) is 52.7 Å². The number of halogens is 12. The molecular weight excluding hydrogens is 800 g/mol. The van der Waals surface area contributed by atoms with Gasteiger partial charge in [-0.1, -0.05) is 29.8 Å². The molecule has 2 heterocycles. The normalized spacial score (nSPS) is 12.8. The predicted molar refractivity (Wildman–Crippen MR) is 198 cm³/mol. The lowest BCUT2D eigenvalue weighted by molar-refractivity contribution is -0.138. The van der Waals surface area contributed by atoms with Crippen LogP contribution in [0.25, 0.3) is 75.8 Å². The first-order valence-electron chi connectivity index (χ1n) is 17.1. The highest BCUT2D eigenvalue weighted by Crippen LogP contribution is 2.50. The fourth-order valence-electron chi connectivity index (χ4n) is 7.58. The quantitative estimate of drug-likeness (QED) is 0.125. The SMILES string of the molecule is [C-]#[N+]c1cc(-n2c3ccc(C)cc3c3cc(C(F)(F)F)ccc32)c(-n2c3ccc(C(F)(F)F)cc3c3cc(C(F)(F)F)ccc32)cc1-c1c([N+]#[C-])cccc1C(F)(F)F. The summed E-state index contributed by atoms with van der Waals surface area (Å²) < 4.78 is 174. The third kappa shape index (κ3) is 6.36. The molecule has 4 nitrogen and oxygen atoms in total. The van der Waals surface area contributed by atoms with E-state index in [4.69, 9.17) is 13.1 Å². The number of alkyl halides is 12. The van der Waals surface area contributed by atoms with Crippen molar-refractivity contribution in [1.29, 1.82) is 0 Å². The van der Waals surface area contributed by atoms with Gasteiger partial charge in [0, 0.05) is 21.5 Å². The molecule has 0 aliphatic heterocycles. The number of nitrogens with zero attached hydrogens (tertiary/aromatic N) is 4. The van der Waals surface area contributed by atoms with Crippen LogP contribution in [0.3, 0.4) is 0 Å². The summed E-state index contributed by atoms with van der Waals surface area (Å²) in [5.41, 5.74) is -6.50. The van der Waals surface area contributed by atoms with Crippen molar-refractivity contribution in [2.45, 2.75) is 31.6 Å². The van der Waals surface area contributed by atoms with E-state index in [1.165, 1.54) is 9.13 Å². The summed E-state index contributed by atoms with van der Waals surface area (Å²) in [4.78, 5) is 6.79. The standard InChI is InChI=1S/C43H20F12N4/c1-21-7-11-33-25(15-21)26-16-22(40(44,45)46)8-12-34(26)59(33)38-20-32(57-3)29(39-30(43(53,54)55)5-4-6-31(39)56-2)19-37(38)58-35-13-9-23(41(47,48)49)17-27(35)28-18-24(42(50,51)52)10-14-36(28)58/h4-20H,1H3. The lowest BCUT2D eigenvalue weighted by Gasteiger charge is -2.22. The molecule has 0 atom stereocenters. The Kier molecular flexibility index (Phi) is 8.60. The number of aromatic nitrogens is 2.